The molecule has 0 aromatic carbocycles. The number of anilines is 1. The van der Waals surface area contributed by atoms with E-state index in [-0.39, 0.29) is 12.5 Å². The van der Waals surface area contributed by atoms with Crippen LogP contribution in [0.25, 0.3) is 5.65 Å². The molecule has 1 N–H and O–H groups in total. The molecule has 0 unspecified atom stereocenters. The van der Waals surface area contributed by atoms with E-state index in [0.717, 1.165) is 10.4 Å². The van der Waals surface area contributed by atoms with Gasteiger partial charge in [0, 0.05) is 22.2 Å². The van der Waals surface area contributed by atoms with E-state index in [9.17, 15) is 9.59 Å². The molecule has 0 saturated heterocycles. The number of nitrogens with zero attached hydrogens (tertiary/aromatic N) is 2. The monoisotopic (exact) mass is 391 g/mol. The highest BCUT2D eigenvalue weighted by Gasteiger charge is 2.24. The van der Waals surface area contributed by atoms with Gasteiger partial charge in [-0.25, -0.2) is 9.78 Å². The third-order valence-electron chi connectivity index (χ3n) is 4.07. The summed E-state index contributed by atoms with van der Waals surface area (Å²) >= 11 is 7.34. The van der Waals surface area contributed by atoms with Crippen molar-refractivity contribution in [2.24, 2.45) is 0 Å². The molecule has 0 aliphatic carbocycles. The van der Waals surface area contributed by atoms with Crippen molar-refractivity contribution in [1.82, 2.24) is 9.38 Å². The summed E-state index contributed by atoms with van der Waals surface area (Å²) in [4.78, 5) is 30.5. The number of aryl methyl sites for hydroxylation is 2. The van der Waals surface area contributed by atoms with Gasteiger partial charge in [0.05, 0.1) is 17.9 Å². The van der Waals surface area contributed by atoms with Crippen LogP contribution in [-0.2, 0) is 4.74 Å². The summed E-state index contributed by atoms with van der Waals surface area (Å²) in [6, 6.07) is 3.38. The third kappa shape index (κ3) is 3.20. The van der Waals surface area contributed by atoms with Crippen molar-refractivity contribution in [2.75, 3.05) is 11.9 Å². The van der Waals surface area contributed by atoms with Crippen molar-refractivity contribution in [3.05, 3.63) is 50.7 Å². The number of ether oxygens (including phenoxy) is 1. The first-order valence-electron chi connectivity index (χ1n) is 8.06. The molecule has 0 bridgehead atoms. The molecular formula is C18H18ClN3O3S. The lowest BCUT2D eigenvalue weighted by Gasteiger charge is -2.08. The number of amides is 1. The second kappa shape index (κ2) is 7.09. The predicted molar refractivity (Wildman–Crippen MR) is 103 cm³/mol. The molecule has 0 atom stereocenters. The number of hydrogen-bond acceptors (Lipinski definition) is 5. The molecule has 3 rings (SSSR count). The van der Waals surface area contributed by atoms with E-state index in [1.807, 2.05) is 13.8 Å². The fraction of sp³-hybridized carbons (Fsp3) is 0.278. The number of esters is 1. The summed E-state index contributed by atoms with van der Waals surface area (Å²) in [5, 5.41) is 3.87. The Morgan fingerprint density at radius 2 is 2.08 bits per heavy atom. The van der Waals surface area contributed by atoms with Crippen molar-refractivity contribution in [1.29, 1.82) is 0 Å². The summed E-state index contributed by atoms with van der Waals surface area (Å²) in [5.41, 5.74) is 2.77. The molecule has 0 saturated carbocycles. The molecule has 0 spiro atoms. The number of carbonyl (C=O) groups excluding carboxylic acids is 2. The fourth-order valence-electron chi connectivity index (χ4n) is 2.74. The molecule has 136 valence electrons. The van der Waals surface area contributed by atoms with Gasteiger partial charge in [0.2, 0.25) is 0 Å². The summed E-state index contributed by atoms with van der Waals surface area (Å²) in [6.07, 6.45) is 1.70. The number of imidazole rings is 1. The number of aromatic nitrogens is 2. The van der Waals surface area contributed by atoms with Gasteiger partial charge in [-0.1, -0.05) is 11.6 Å². The molecule has 8 heteroatoms. The topological polar surface area (TPSA) is 72.7 Å². The molecule has 0 radical (unpaired) electrons. The number of thiophene rings is 1. The summed E-state index contributed by atoms with van der Waals surface area (Å²) in [6.45, 7) is 7.52. The highest BCUT2D eigenvalue weighted by Crippen LogP contribution is 2.33. The van der Waals surface area contributed by atoms with Crippen LogP contribution < -0.4 is 5.32 Å². The molecule has 3 aromatic rings. The zero-order valence-corrected chi connectivity index (χ0v) is 16.4. The van der Waals surface area contributed by atoms with Crippen molar-refractivity contribution in [3.8, 4) is 0 Å². The molecule has 3 aromatic heterocycles. The lowest BCUT2D eigenvalue weighted by molar-refractivity contribution is 0.0527. The van der Waals surface area contributed by atoms with Gasteiger partial charge in [-0.2, -0.15) is 0 Å². The average Bonchev–Trinajstić information content (AvgIpc) is 3.03. The largest absolute Gasteiger partial charge is 0.462 e. The van der Waals surface area contributed by atoms with Crippen LogP contribution in [0, 0.1) is 20.8 Å². The van der Waals surface area contributed by atoms with Gasteiger partial charge in [-0.05, 0) is 39.3 Å². The Hall–Kier alpha value is -2.38. The lowest BCUT2D eigenvalue weighted by atomic mass is 10.1. The minimum Gasteiger partial charge on any atom is -0.462 e. The number of fused-ring (bicyclic) bond motifs is 1. The number of pyridine rings is 1. The quantitative estimate of drug-likeness (QED) is 0.669. The highest BCUT2D eigenvalue weighted by atomic mass is 35.5. The van der Waals surface area contributed by atoms with E-state index < -0.39 is 5.97 Å². The Morgan fingerprint density at radius 3 is 2.77 bits per heavy atom. The van der Waals surface area contributed by atoms with E-state index in [0.29, 0.717) is 32.6 Å². The molecule has 0 aliphatic heterocycles. The number of hydrogen-bond donors (Lipinski definition) is 1. The Bertz CT molecular complexity index is 1020. The Kier molecular flexibility index (Phi) is 5.02. The third-order valence-corrected chi connectivity index (χ3v) is 5.43. The van der Waals surface area contributed by atoms with Gasteiger partial charge in [0.25, 0.3) is 5.91 Å². The highest BCUT2D eigenvalue weighted by molar-refractivity contribution is 7.16. The first kappa shape index (κ1) is 18.4. The second-order valence-corrected chi connectivity index (χ2v) is 7.44. The molecule has 1 amide bonds. The summed E-state index contributed by atoms with van der Waals surface area (Å²) < 4.78 is 6.80. The minimum absolute atomic E-state index is 0.272. The summed E-state index contributed by atoms with van der Waals surface area (Å²) in [7, 11) is 0. The SMILES string of the molecule is CCOC(=O)c1c(NC(=O)c2c(C)nc3cc(Cl)ccn23)sc(C)c1C. The Balaban J connectivity index is 2.00. The van der Waals surface area contributed by atoms with Crippen LogP contribution in [0.2, 0.25) is 5.02 Å². The summed E-state index contributed by atoms with van der Waals surface area (Å²) in [5.74, 6) is -0.782. The van der Waals surface area contributed by atoms with Crippen LogP contribution in [0.1, 0.15) is 43.9 Å². The predicted octanol–water partition coefficient (Wildman–Crippen LogP) is 4.40. The van der Waals surface area contributed by atoms with E-state index in [2.05, 4.69) is 10.3 Å². The van der Waals surface area contributed by atoms with E-state index in [1.54, 1.807) is 36.6 Å². The van der Waals surface area contributed by atoms with Crippen LogP contribution in [0.4, 0.5) is 5.00 Å². The lowest BCUT2D eigenvalue weighted by Crippen LogP contribution is -2.17. The number of nitrogens with one attached hydrogen (secondary N) is 1. The standard InChI is InChI=1S/C18H18ClN3O3S/c1-5-25-18(24)14-9(2)11(4)26-17(14)21-16(23)15-10(3)20-13-8-12(19)6-7-22(13)15/h6-8H,5H2,1-4H3,(H,21,23). The first-order valence-corrected chi connectivity index (χ1v) is 9.25. The van der Waals surface area contributed by atoms with Crippen LogP contribution in [0.3, 0.4) is 0 Å². The van der Waals surface area contributed by atoms with E-state index >= 15 is 0 Å². The maximum absolute atomic E-state index is 12.9. The second-order valence-electron chi connectivity index (χ2n) is 5.78. The number of halogens is 1. The number of rotatable bonds is 4. The molecule has 0 fully saturated rings. The molecule has 26 heavy (non-hydrogen) atoms. The maximum atomic E-state index is 12.9. The van der Waals surface area contributed by atoms with Crippen LogP contribution in [-0.4, -0.2) is 27.9 Å². The van der Waals surface area contributed by atoms with Gasteiger partial charge in [0.1, 0.15) is 16.3 Å². The van der Waals surface area contributed by atoms with E-state index in [1.165, 1.54) is 11.3 Å². The number of carbonyl (C=O) groups is 2. The van der Waals surface area contributed by atoms with Crippen LogP contribution >= 0.6 is 22.9 Å². The normalized spacial score (nSPS) is 11.0. The Labute approximate surface area is 159 Å². The molecule has 6 nitrogen and oxygen atoms in total. The first-order chi connectivity index (χ1) is 12.3. The van der Waals surface area contributed by atoms with Crippen LogP contribution in [0.5, 0.6) is 0 Å². The average molecular weight is 392 g/mol. The van der Waals surface area contributed by atoms with E-state index in [4.69, 9.17) is 16.3 Å². The maximum Gasteiger partial charge on any atom is 0.341 e. The van der Waals surface area contributed by atoms with Gasteiger partial charge in [0.15, 0.2) is 0 Å². The minimum atomic E-state index is -0.439. The zero-order valence-electron chi connectivity index (χ0n) is 14.8. The van der Waals surface area contributed by atoms with Crippen LogP contribution in [0.15, 0.2) is 18.3 Å². The van der Waals surface area contributed by atoms with Crippen molar-refractivity contribution < 1.29 is 14.3 Å². The molecular weight excluding hydrogens is 374 g/mol. The van der Waals surface area contributed by atoms with Crippen molar-refractivity contribution in [3.63, 3.8) is 0 Å². The van der Waals surface area contributed by atoms with Gasteiger partial charge in [-0.15, -0.1) is 11.3 Å². The van der Waals surface area contributed by atoms with Crippen molar-refractivity contribution in [2.45, 2.75) is 27.7 Å². The van der Waals surface area contributed by atoms with Gasteiger partial charge in [-0.3, -0.25) is 9.20 Å². The molecule has 3 heterocycles. The van der Waals surface area contributed by atoms with Gasteiger partial charge < -0.3 is 10.1 Å². The van der Waals surface area contributed by atoms with Gasteiger partial charge >= 0.3 is 5.97 Å². The fourth-order valence-corrected chi connectivity index (χ4v) is 3.93. The van der Waals surface area contributed by atoms with Crippen molar-refractivity contribution >= 4 is 45.5 Å². The zero-order chi connectivity index (χ0) is 19.0. The Morgan fingerprint density at radius 1 is 1.35 bits per heavy atom. The smallest absolute Gasteiger partial charge is 0.341 e. The molecule has 0 aliphatic rings.